The Bertz CT molecular complexity index is 586. The molecular weight excluding hydrogens is 320 g/mol. The van der Waals surface area contributed by atoms with Gasteiger partial charge in [-0.15, -0.1) is 0 Å². The molecule has 0 spiro atoms. The lowest BCUT2D eigenvalue weighted by molar-refractivity contribution is -0.295. The second-order valence-electron chi connectivity index (χ2n) is 5.77. The number of aliphatic hydroxyl groups is 3. The fraction of sp³-hybridized carbons (Fsp3) is 0.400. The van der Waals surface area contributed by atoms with Gasteiger partial charge in [-0.3, -0.25) is 0 Å². The van der Waals surface area contributed by atoms with Crippen molar-refractivity contribution in [3.05, 3.63) is 71.8 Å². The largest absolute Gasteiger partial charge is 0.393 e. The van der Waals surface area contributed by atoms with Gasteiger partial charge in [-0.1, -0.05) is 60.7 Å². The zero-order valence-electron chi connectivity index (χ0n) is 14.6. The van der Waals surface area contributed by atoms with Crippen LogP contribution < -0.4 is 0 Å². The maximum atomic E-state index is 11.7. The smallest absolute Gasteiger partial charge is 0.192 e. The first-order chi connectivity index (χ1) is 12.0. The van der Waals surface area contributed by atoms with E-state index in [0.29, 0.717) is 11.1 Å². The molecule has 0 aromatic heterocycles. The highest BCUT2D eigenvalue weighted by atomic mass is 16.7. The van der Waals surface area contributed by atoms with Crippen LogP contribution in [0.5, 0.6) is 0 Å². The first-order valence-corrected chi connectivity index (χ1v) is 8.44. The quantitative estimate of drug-likeness (QED) is 0.606. The van der Waals surface area contributed by atoms with Gasteiger partial charge < -0.3 is 24.8 Å². The Morgan fingerprint density at radius 1 is 0.800 bits per heavy atom. The molecule has 5 nitrogen and oxygen atoms in total. The number of aliphatic hydroxyl groups excluding tert-OH is 1. The van der Waals surface area contributed by atoms with Crippen molar-refractivity contribution in [2.24, 2.45) is 0 Å². The van der Waals surface area contributed by atoms with Crippen molar-refractivity contribution in [3.8, 4) is 0 Å². The van der Waals surface area contributed by atoms with E-state index in [1.807, 2.05) is 12.1 Å². The van der Waals surface area contributed by atoms with Crippen molar-refractivity contribution in [1.82, 2.24) is 0 Å². The molecule has 0 aliphatic heterocycles. The fourth-order valence-electron chi connectivity index (χ4n) is 3.01. The molecule has 5 heteroatoms. The van der Waals surface area contributed by atoms with E-state index in [4.69, 9.17) is 9.47 Å². The highest BCUT2D eigenvalue weighted by Gasteiger charge is 2.57. The third-order valence-electron chi connectivity index (χ3n) is 4.28. The van der Waals surface area contributed by atoms with Gasteiger partial charge in [0.15, 0.2) is 17.5 Å². The fourth-order valence-corrected chi connectivity index (χ4v) is 3.01. The van der Waals surface area contributed by atoms with Gasteiger partial charge in [0.25, 0.3) is 0 Å². The first-order valence-electron chi connectivity index (χ1n) is 8.44. The van der Waals surface area contributed by atoms with E-state index >= 15 is 0 Å². The molecule has 1 unspecified atom stereocenters. The van der Waals surface area contributed by atoms with E-state index in [0.717, 1.165) is 0 Å². The minimum atomic E-state index is -2.11. The lowest BCUT2D eigenvalue weighted by Gasteiger charge is -2.46. The van der Waals surface area contributed by atoms with Crippen LogP contribution in [0.4, 0.5) is 0 Å². The molecule has 0 saturated heterocycles. The van der Waals surface area contributed by atoms with Gasteiger partial charge in [0.1, 0.15) is 0 Å². The van der Waals surface area contributed by atoms with Crippen LogP contribution in [-0.4, -0.2) is 47.0 Å². The third-order valence-corrected chi connectivity index (χ3v) is 4.28. The maximum absolute atomic E-state index is 11.7. The van der Waals surface area contributed by atoms with Crippen molar-refractivity contribution in [3.63, 3.8) is 0 Å². The van der Waals surface area contributed by atoms with Crippen molar-refractivity contribution >= 4 is 0 Å². The third kappa shape index (κ3) is 3.61. The summed E-state index contributed by atoms with van der Waals surface area (Å²) in [6, 6.07) is 17.5. The molecule has 136 valence electrons. The van der Waals surface area contributed by atoms with Crippen LogP contribution in [0.3, 0.4) is 0 Å². The Morgan fingerprint density at radius 2 is 1.20 bits per heavy atom. The summed E-state index contributed by atoms with van der Waals surface area (Å²) in [6.07, 6.45) is -1.21. The average Bonchev–Trinajstić information content (AvgIpc) is 2.68. The Morgan fingerprint density at radius 3 is 1.52 bits per heavy atom. The summed E-state index contributed by atoms with van der Waals surface area (Å²) in [4.78, 5) is 0. The normalized spacial score (nSPS) is 14.5. The van der Waals surface area contributed by atoms with Crippen LogP contribution in [0.15, 0.2) is 60.7 Å². The lowest BCUT2D eigenvalue weighted by Crippen LogP contribution is -2.63. The van der Waals surface area contributed by atoms with E-state index in [2.05, 4.69) is 0 Å². The molecule has 2 rings (SSSR count). The summed E-state index contributed by atoms with van der Waals surface area (Å²) in [7, 11) is 0. The molecule has 2 aromatic carbocycles. The molecule has 0 aliphatic rings. The predicted molar refractivity (Wildman–Crippen MR) is 95.0 cm³/mol. The Kier molecular flexibility index (Phi) is 6.70. The zero-order valence-corrected chi connectivity index (χ0v) is 14.6. The van der Waals surface area contributed by atoms with Crippen molar-refractivity contribution < 1.29 is 24.8 Å². The number of rotatable bonds is 9. The highest BCUT2D eigenvalue weighted by molar-refractivity contribution is 5.40. The van der Waals surface area contributed by atoms with Gasteiger partial charge in [0, 0.05) is 13.2 Å². The maximum Gasteiger partial charge on any atom is 0.192 e. The van der Waals surface area contributed by atoms with Crippen molar-refractivity contribution in [1.29, 1.82) is 0 Å². The monoisotopic (exact) mass is 346 g/mol. The first kappa shape index (κ1) is 19.6. The molecule has 0 aliphatic carbocycles. The molecule has 0 amide bonds. The number of hydrogen-bond acceptors (Lipinski definition) is 5. The summed E-state index contributed by atoms with van der Waals surface area (Å²) in [5.41, 5.74) is -3.18. The molecule has 25 heavy (non-hydrogen) atoms. The van der Waals surface area contributed by atoms with Crippen molar-refractivity contribution in [2.75, 3.05) is 19.8 Å². The number of ether oxygens (including phenoxy) is 2. The van der Waals surface area contributed by atoms with E-state index in [1.54, 1.807) is 62.4 Å². The van der Waals surface area contributed by atoms with E-state index in [1.165, 1.54) is 0 Å². The lowest BCUT2D eigenvalue weighted by atomic mass is 9.72. The van der Waals surface area contributed by atoms with Crippen molar-refractivity contribution in [2.45, 2.75) is 31.3 Å². The summed E-state index contributed by atoms with van der Waals surface area (Å²) in [5, 5.41) is 33.2. The second-order valence-corrected chi connectivity index (χ2v) is 5.77. The minimum absolute atomic E-state index is 0.257. The van der Waals surface area contributed by atoms with Gasteiger partial charge in [-0.25, -0.2) is 0 Å². The molecular formula is C20H26O5. The number of hydrogen-bond donors (Lipinski definition) is 3. The van der Waals surface area contributed by atoms with Crippen LogP contribution in [0.2, 0.25) is 0 Å². The molecule has 0 fully saturated rings. The minimum Gasteiger partial charge on any atom is -0.393 e. The molecule has 1 atom stereocenters. The van der Waals surface area contributed by atoms with Gasteiger partial charge in [0.2, 0.25) is 0 Å². The standard InChI is InChI=1S/C20H26O5/c1-3-24-18(25-4-2)19(22,15-21)20(23,16-11-7-5-8-12-16)17-13-9-6-10-14-17/h5-14,18,21-23H,3-4,15H2,1-2H3. The van der Waals surface area contributed by atoms with Crippen LogP contribution in [0, 0.1) is 0 Å². The topological polar surface area (TPSA) is 79.2 Å². The van der Waals surface area contributed by atoms with Gasteiger partial charge in [-0.2, -0.15) is 0 Å². The summed E-state index contributed by atoms with van der Waals surface area (Å²) in [6.45, 7) is 3.28. The molecule has 0 heterocycles. The van der Waals surface area contributed by atoms with E-state index < -0.39 is 24.1 Å². The van der Waals surface area contributed by atoms with Crippen LogP contribution in [-0.2, 0) is 15.1 Å². The molecule has 2 aromatic rings. The SMILES string of the molecule is CCOC(OCC)C(O)(CO)C(O)(c1ccccc1)c1ccccc1. The van der Waals surface area contributed by atoms with Gasteiger partial charge in [0.05, 0.1) is 6.61 Å². The zero-order chi connectivity index (χ0) is 18.3. The second kappa shape index (κ2) is 8.56. The molecule has 0 radical (unpaired) electrons. The Labute approximate surface area is 148 Å². The van der Waals surface area contributed by atoms with Crippen LogP contribution in [0.25, 0.3) is 0 Å². The van der Waals surface area contributed by atoms with Gasteiger partial charge in [-0.05, 0) is 25.0 Å². The summed E-state index contributed by atoms with van der Waals surface area (Å²) >= 11 is 0. The highest BCUT2D eigenvalue weighted by Crippen LogP contribution is 2.42. The number of benzene rings is 2. The van der Waals surface area contributed by atoms with Gasteiger partial charge >= 0.3 is 0 Å². The Hall–Kier alpha value is -1.76. The van der Waals surface area contributed by atoms with E-state index in [-0.39, 0.29) is 13.2 Å². The molecule has 0 saturated carbocycles. The van der Waals surface area contributed by atoms with Crippen LogP contribution >= 0.6 is 0 Å². The predicted octanol–water partition coefficient (Wildman–Crippen LogP) is 2.04. The average molecular weight is 346 g/mol. The summed E-state index contributed by atoms with van der Waals surface area (Å²) < 4.78 is 11.1. The molecule has 3 N–H and O–H groups in total. The summed E-state index contributed by atoms with van der Waals surface area (Å²) in [5.74, 6) is 0. The van der Waals surface area contributed by atoms with Crippen LogP contribution in [0.1, 0.15) is 25.0 Å². The Balaban J connectivity index is 2.68. The van der Waals surface area contributed by atoms with E-state index in [9.17, 15) is 15.3 Å². The molecule has 0 bridgehead atoms.